The van der Waals surface area contributed by atoms with Crippen LogP contribution < -0.4 is 27.0 Å². The number of rotatable bonds is 11. The molecule has 0 radical (unpaired) electrons. The van der Waals surface area contributed by atoms with Crippen molar-refractivity contribution in [2.45, 2.75) is 118 Å². The molecule has 0 aliphatic carbocycles. The summed E-state index contributed by atoms with van der Waals surface area (Å²) in [4.78, 5) is 72.9. The number of hydrogen-bond acceptors (Lipinski definition) is 10. The fourth-order valence-corrected chi connectivity index (χ4v) is 8.78. The van der Waals surface area contributed by atoms with E-state index >= 15 is 0 Å². The zero-order chi connectivity index (χ0) is 60.2. The minimum absolute atomic E-state index is 0.136. The number of aromatic nitrogens is 2. The third kappa shape index (κ3) is 17.4. The second-order valence-electron chi connectivity index (χ2n) is 22.8. The summed E-state index contributed by atoms with van der Waals surface area (Å²) < 4.78 is 12.7. The summed E-state index contributed by atoms with van der Waals surface area (Å²) in [5.41, 5.74) is 10.9. The molecular weight excluding hydrogens is 1050 g/mol. The summed E-state index contributed by atoms with van der Waals surface area (Å²) in [6, 6.07) is 26.7. The Labute approximate surface area is 477 Å². The van der Waals surface area contributed by atoms with Gasteiger partial charge >= 0.3 is 24.4 Å². The van der Waals surface area contributed by atoms with E-state index in [0.29, 0.717) is 92.5 Å². The van der Waals surface area contributed by atoms with Gasteiger partial charge in [0.1, 0.15) is 22.3 Å². The highest BCUT2D eigenvalue weighted by atomic mass is 32.1. The van der Waals surface area contributed by atoms with Gasteiger partial charge in [0.05, 0.1) is 35.4 Å². The Morgan fingerprint density at radius 2 is 0.951 bits per heavy atom. The van der Waals surface area contributed by atoms with Gasteiger partial charge in [-0.25, -0.2) is 28.3 Å². The molecule has 0 atom stereocenters. The number of ether oxygens (including phenoxy) is 2. The van der Waals surface area contributed by atoms with Crippen molar-refractivity contribution in [1.29, 1.82) is 5.26 Å². The molecule has 8 N–H and O–H groups in total. The average molecular weight is 1120 g/mol. The molecule has 0 bridgehead atoms. The number of nitrogens with two attached hydrogens (primary N) is 1. The maximum Gasteiger partial charge on any atom is 0.416 e. The van der Waals surface area contributed by atoms with Crippen LogP contribution >= 0.6 is 12.2 Å². The molecule has 0 unspecified atom stereocenters. The predicted octanol–water partition coefficient (Wildman–Crippen LogP) is 10.1. The van der Waals surface area contributed by atoms with E-state index in [-0.39, 0.29) is 29.9 Å². The van der Waals surface area contributed by atoms with Crippen molar-refractivity contribution in [1.82, 2.24) is 30.4 Å². The number of nitrogens with zero attached hydrogens (tertiary/aromatic N) is 3. The zero-order valence-electron chi connectivity index (χ0n) is 47.8. The third-order valence-electron chi connectivity index (χ3n) is 11.8. The summed E-state index contributed by atoms with van der Waals surface area (Å²) in [5.74, 6) is 11.1. The van der Waals surface area contributed by atoms with E-state index in [0.717, 1.165) is 11.1 Å². The van der Waals surface area contributed by atoms with Crippen molar-refractivity contribution in [2.75, 3.05) is 26.2 Å². The van der Waals surface area contributed by atoms with Crippen molar-refractivity contribution in [3.8, 4) is 29.8 Å². The summed E-state index contributed by atoms with van der Waals surface area (Å²) in [6.45, 7) is 23.1. The zero-order valence-corrected chi connectivity index (χ0v) is 48.6. The first-order valence-electron chi connectivity index (χ1n) is 26.0. The minimum atomic E-state index is -1.13. The highest BCUT2D eigenvalue weighted by Gasteiger charge is 2.32. The molecule has 6 rings (SSSR count). The normalized spacial score (nSPS) is 11.3. The lowest BCUT2D eigenvalue weighted by Gasteiger charge is -2.22. The molecule has 424 valence electrons. The van der Waals surface area contributed by atoms with Gasteiger partial charge in [-0.2, -0.15) is 5.26 Å². The first kappa shape index (κ1) is 62.7. The number of thiocarbonyl (C=S) groups is 1. The van der Waals surface area contributed by atoms with Crippen LogP contribution in [-0.2, 0) is 33.1 Å². The van der Waals surface area contributed by atoms with E-state index in [1.165, 1.54) is 9.13 Å². The maximum atomic E-state index is 12.7. The lowest BCUT2D eigenvalue weighted by Crippen LogP contribution is -2.32. The molecule has 2 heterocycles. The Hall–Kier alpha value is -9.12. The van der Waals surface area contributed by atoms with E-state index in [2.05, 4.69) is 51.0 Å². The smallest absolute Gasteiger partial charge is 0.416 e. The van der Waals surface area contributed by atoms with Crippen molar-refractivity contribution in [3.63, 3.8) is 0 Å². The van der Waals surface area contributed by atoms with E-state index in [4.69, 9.17) is 27.4 Å². The number of carbonyl (C=O) groups excluding carboxylic acids is 4. The molecule has 81 heavy (non-hydrogen) atoms. The predicted molar refractivity (Wildman–Crippen MR) is 316 cm³/mol. The van der Waals surface area contributed by atoms with Crippen LogP contribution in [0.3, 0.4) is 0 Å². The van der Waals surface area contributed by atoms with Crippen LogP contribution in [0.2, 0.25) is 0 Å². The van der Waals surface area contributed by atoms with Gasteiger partial charge in [-0.15, -0.1) is 0 Å². The molecule has 4 aromatic carbocycles. The second kappa shape index (κ2) is 26.2. The first-order valence-corrected chi connectivity index (χ1v) is 26.4. The lowest BCUT2D eigenvalue weighted by molar-refractivity contribution is 0.0523. The topological polar surface area (TPSA) is 269 Å². The molecule has 0 aliphatic heterocycles. The van der Waals surface area contributed by atoms with E-state index in [1.54, 1.807) is 102 Å². The van der Waals surface area contributed by atoms with Gasteiger partial charge < -0.3 is 46.7 Å². The van der Waals surface area contributed by atoms with Crippen LogP contribution in [0.4, 0.5) is 19.2 Å². The van der Waals surface area contributed by atoms with Gasteiger partial charge in [0, 0.05) is 68.2 Å². The van der Waals surface area contributed by atoms with Crippen LogP contribution in [0.1, 0.15) is 149 Å². The number of benzene rings is 4. The summed E-state index contributed by atoms with van der Waals surface area (Å²) in [6.07, 6.45) is -2.27. The molecular formula is C62H70N8O10S. The molecule has 2 aromatic heterocycles. The van der Waals surface area contributed by atoms with E-state index in [9.17, 15) is 44.2 Å². The summed E-state index contributed by atoms with van der Waals surface area (Å²) in [7, 11) is 0. The fourth-order valence-electron chi connectivity index (χ4n) is 8.58. The molecule has 18 nitrogen and oxygen atoms in total. The molecule has 4 amide bonds. The van der Waals surface area contributed by atoms with Gasteiger partial charge in [-0.1, -0.05) is 89.6 Å². The number of nitrogens with one attached hydrogen (secondary N) is 4. The number of carboxylic acid groups (broad SMARTS) is 2. The average Bonchev–Trinajstić information content (AvgIpc) is 3.89. The van der Waals surface area contributed by atoms with Gasteiger partial charge in [0.25, 0.3) is 11.8 Å². The standard InChI is InChI=1S/C31H36N4O5S.C31H34N4O5/c1-30(2,3)25-24(26(32)41)22-18-20(11-14-23(22)35(25)29(38)39)15-17-33-27(36)21-12-9-19(10-13-21)8-7-16-34-28(37)40-31(4,5)6;1-30(2,3)26-24(19-32)23-18-21(11-14-25(23)35(26)29(38)39)15-17-33-27(36)22-12-9-20(10-13-22)8-7-16-34-28(37)40-31(4,5)6/h9-14,18H,15-17H2,1-6H3,(H2,32,41)(H,33,36)(H,34,37)(H,38,39);9-14,18H,15-17H2,1-6H3,(H,33,36)(H,34,37)(H,38,39). The Balaban J connectivity index is 0.000000297. The van der Waals surface area contributed by atoms with Gasteiger partial charge in [-0.3, -0.25) is 9.59 Å². The number of alkyl carbamates (subject to hydrolysis) is 2. The highest BCUT2D eigenvalue weighted by Crippen LogP contribution is 2.36. The third-order valence-corrected chi connectivity index (χ3v) is 12.0. The molecule has 0 fully saturated rings. The molecule has 0 saturated heterocycles. The summed E-state index contributed by atoms with van der Waals surface area (Å²) >= 11 is 5.32. The number of fused-ring (bicyclic) bond motifs is 2. The Morgan fingerprint density at radius 3 is 1.31 bits per heavy atom. The Bertz CT molecular complexity index is 3560. The fraction of sp³-hybridized carbons (Fsp3) is 0.355. The maximum absolute atomic E-state index is 12.7. The van der Waals surface area contributed by atoms with E-state index in [1.807, 2.05) is 65.8 Å². The molecule has 19 heteroatoms. The molecule has 6 aromatic rings. The van der Waals surface area contributed by atoms with Crippen LogP contribution in [-0.4, -0.2) is 97.9 Å². The van der Waals surface area contributed by atoms with Crippen molar-refractivity contribution in [2.24, 2.45) is 5.73 Å². The number of nitriles is 1. The second-order valence-corrected chi connectivity index (χ2v) is 23.3. The number of hydrogen-bond donors (Lipinski definition) is 7. The van der Waals surface area contributed by atoms with Gasteiger partial charge in [0.15, 0.2) is 0 Å². The Kier molecular flexibility index (Phi) is 20.3. The Morgan fingerprint density at radius 1 is 0.568 bits per heavy atom. The van der Waals surface area contributed by atoms with Crippen molar-refractivity contribution in [3.05, 3.63) is 141 Å². The monoisotopic (exact) mass is 1120 g/mol. The van der Waals surface area contributed by atoms with Crippen molar-refractivity contribution < 1.29 is 48.5 Å². The molecule has 0 saturated carbocycles. The van der Waals surface area contributed by atoms with Crippen LogP contribution in [0, 0.1) is 35.0 Å². The highest BCUT2D eigenvalue weighted by molar-refractivity contribution is 7.80. The minimum Gasteiger partial charge on any atom is -0.464 e. The summed E-state index contributed by atoms with van der Waals surface area (Å²) in [5, 5.41) is 41.8. The number of amides is 4. The van der Waals surface area contributed by atoms with Crippen LogP contribution in [0.15, 0.2) is 84.9 Å². The quantitative estimate of drug-likeness (QED) is 0.0471. The SMILES string of the molecule is CC(C)(C)OC(=O)NCC#Cc1ccc(C(=O)NCCc2ccc3c(c2)c(C#N)c(C(C)(C)C)n3C(=O)O)cc1.CC(C)(C)OC(=O)NCC#Cc1ccc(C(=O)NCCc2ccc3c(c2)c(C(N)=S)c(C(C)(C)C)n3C(=O)O)cc1. The lowest BCUT2D eigenvalue weighted by atomic mass is 9.88. The molecule has 0 spiro atoms. The number of carbonyl (C=O) groups is 6. The van der Waals surface area contributed by atoms with Crippen LogP contribution in [0.25, 0.3) is 21.8 Å². The first-order chi connectivity index (χ1) is 37.8. The van der Waals surface area contributed by atoms with Gasteiger partial charge in [-0.05, 0) is 138 Å². The van der Waals surface area contributed by atoms with E-state index < -0.39 is 46.4 Å². The largest absolute Gasteiger partial charge is 0.464 e. The van der Waals surface area contributed by atoms with Crippen LogP contribution in [0.5, 0.6) is 0 Å². The van der Waals surface area contributed by atoms with Gasteiger partial charge in [0.2, 0.25) is 0 Å². The van der Waals surface area contributed by atoms with Crippen molar-refractivity contribution >= 4 is 75.2 Å². The molecule has 0 aliphatic rings.